The van der Waals surface area contributed by atoms with Crippen LogP contribution in [0.25, 0.3) is 22.2 Å². The smallest absolute Gasteiger partial charge is 0.408 e. The largest absolute Gasteiger partial charge is 0.444 e. The van der Waals surface area contributed by atoms with Gasteiger partial charge in [-0.05, 0) is 62.2 Å². The summed E-state index contributed by atoms with van der Waals surface area (Å²) in [7, 11) is 0. The normalized spacial score (nSPS) is 11.2. The molecule has 0 aliphatic rings. The van der Waals surface area contributed by atoms with Crippen molar-refractivity contribution >= 4 is 34.6 Å². The molecule has 0 radical (unpaired) electrons. The average Bonchev–Trinajstić information content (AvgIpc) is 3.25. The molecule has 4 aromatic rings. The van der Waals surface area contributed by atoms with Gasteiger partial charge in [-0.2, -0.15) is 0 Å². The number of nitrogens with two attached hydrogens (primary N) is 1. The van der Waals surface area contributed by atoms with E-state index in [-0.39, 0.29) is 12.5 Å². The molecule has 5 N–H and O–H groups in total. The van der Waals surface area contributed by atoms with Crippen molar-refractivity contribution in [3.63, 3.8) is 0 Å². The number of aromatic nitrogens is 2. The van der Waals surface area contributed by atoms with Crippen molar-refractivity contribution in [2.45, 2.75) is 32.9 Å². The van der Waals surface area contributed by atoms with Crippen LogP contribution in [0.15, 0.2) is 66.7 Å². The fourth-order valence-corrected chi connectivity index (χ4v) is 3.71. The molecule has 9 nitrogen and oxygen atoms in total. The van der Waals surface area contributed by atoms with Gasteiger partial charge in [-0.1, -0.05) is 36.4 Å². The van der Waals surface area contributed by atoms with Crippen LogP contribution in [0.1, 0.15) is 47.3 Å². The molecule has 0 aliphatic carbocycles. The van der Waals surface area contributed by atoms with Gasteiger partial charge in [0.05, 0.1) is 17.6 Å². The van der Waals surface area contributed by atoms with Gasteiger partial charge in [0.25, 0.3) is 5.91 Å². The Balaban J connectivity index is 1.56. The summed E-state index contributed by atoms with van der Waals surface area (Å²) in [6.45, 7) is 5.45. The number of primary amides is 1. The number of para-hydroxylation sites is 1. The first kappa shape index (κ1) is 24.5. The van der Waals surface area contributed by atoms with Gasteiger partial charge in [0.1, 0.15) is 16.9 Å². The third kappa shape index (κ3) is 5.69. The molecule has 0 aliphatic heterocycles. The van der Waals surface area contributed by atoms with Crippen molar-refractivity contribution in [3.8, 4) is 11.1 Å². The van der Waals surface area contributed by atoms with Crippen LogP contribution in [0, 0.1) is 0 Å². The lowest BCUT2D eigenvalue weighted by molar-refractivity contribution is 0.0522. The summed E-state index contributed by atoms with van der Waals surface area (Å²) in [5.41, 5.74) is 8.70. The number of amides is 3. The van der Waals surface area contributed by atoms with E-state index in [1.165, 1.54) is 0 Å². The van der Waals surface area contributed by atoms with Crippen LogP contribution in [0.2, 0.25) is 0 Å². The zero-order chi connectivity index (χ0) is 25.9. The number of hydrogen-bond donors (Lipinski definition) is 4. The van der Waals surface area contributed by atoms with Crippen LogP contribution in [-0.4, -0.2) is 33.5 Å². The van der Waals surface area contributed by atoms with E-state index in [1.807, 2.05) is 30.3 Å². The maximum absolute atomic E-state index is 13.2. The van der Waals surface area contributed by atoms with Gasteiger partial charge in [0.2, 0.25) is 5.91 Å². The van der Waals surface area contributed by atoms with E-state index in [0.717, 1.165) is 5.56 Å². The maximum atomic E-state index is 13.2. The number of anilines is 1. The number of ether oxygens (including phenoxy) is 1. The second-order valence-electron chi connectivity index (χ2n) is 9.19. The number of rotatable bonds is 6. The monoisotopic (exact) mass is 485 g/mol. The highest BCUT2D eigenvalue weighted by molar-refractivity contribution is 6.12. The van der Waals surface area contributed by atoms with E-state index in [4.69, 9.17) is 10.5 Å². The zero-order valence-electron chi connectivity index (χ0n) is 20.2. The Labute approximate surface area is 208 Å². The van der Waals surface area contributed by atoms with Crippen molar-refractivity contribution < 1.29 is 19.1 Å². The molecule has 9 heteroatoms. The van der Waals surface area contributed by atoms with Crippen molar-refractivity contribution in [3.05, 3.63) is 83.7 Å². The van der Waals surface area contributed by atoms with Crippen molar-refractivity contribution in [1.82, 2.24) is 15.3 Å². The molecule has 0 saturated carbocycles. The maximum Gasteiger partial charge on any atom is 0.408 e. The topological polar surface area (TPSA) is 139 Å². The molecule has 36 heavy (non-hydrogen) atoms. The Morgan fingerprint density at radius 1 is 0.972 bits per heavy atom. The predicted molar refractivity (Wildman–Crippen MR) is 138 cm³/mol. The minimum absolute atomic E-state index is 0.111. The number of imidazole rings is 1. The van der Waals surface area contributed by atoms with E-state index < -0.39 is 17.6 Å². The van der Waals surface area contributed by atoms with E-state index in [0.29, 0.717) is 39.2 Å². The predicted octanol–water partition coefficient (Wildman–Crippen LogP) is 4.61. The minimum Gasteiger partial charge on any atom is -0.444 e. The molecule has 0 spiro atoms. The van der Waals surface area contributed by atoms with Crippen LogP contribution < -0.4 is 16.4 Å². The quantitative estimate of drug-likeness (QED) is 0.316. The molecule has 0 bridgehead atoms. The molecule has 0 atom stereocenters. The fraction of sp³-hybridized carbons (Fsp3) is 0.185. The zero-order valence-corrected chi connectivity index (χ0v) is 20.2. The van der Waals surface area contributed by atoms with Gasteiger partial charge >= 0.3 is 6.09 Å². The van der Waals surface area contributed by atoms with Gasteiger partial charge in [0, 0.05) is 11.3 Å². The molecule has 0 fully saturated rings. The van der Waals surface area contributed by atoms with Crippen LogP contribution in [0.4, 0.5) is 10.5 Å². The summed E-state index contributed by atoms with van der Waals surface area (Å²) in [6.07, 6.45) is -0.561. The Morgan fingerprint density at radius 3 is 2.42 bits per heavy atom. The highest BCUT2D eigenvalue weighted by Crippen LogP contribution is 2.27. The number of benzene rings is 3. The Kier molecular flexibility index (Phi) is 6.73. The molecular formula is C27H27N5O4. The van der Waals surface area contributed by atoms with Gasteiger partial charge < -0.3 is 26.1 Å². The number of carbonyl (C=O) groups is 3. The number of hydrogen-bond acceptors (Lipinski definition) is 5. The highest BCUT2D eigenvalue weighted by atomic mass is 16.6. The van der Waals surface area contributed by atoms with Crippen LogP contribution in [0.3, 0.4) is 0 Å². The molecule has 0 unspecified atom stereocenters. The van der Waals surface area contributed by atoms with Crippen molar-refractivity contribution in [2.24, 2.45) is 5.73 Å². The Morgan fingerprint density at radius 2 is 1.72 bits per heavy atom. The standard InChI is InChI=1S/C27H27N5O4/c1-27(2,3)36-26(35)29-15-22-31-21-11-7-10-19(23(21)32-22)25(34)30-17-12-13-18(24(28)33)20(14-17)16-8-5-4-6-9-16/h4-14H,15H2,1-3H3,(H2,28,33)(H,29,35)(H,30,34)(H,31,32). The second-order valence-corrected chi connectivity index (χ2v) is 9.19. The van der Waals surface area contributed by atoms with Gasteiger partial charge in [-0.3, -0.25) is 9.59 Å². The molecule has 0 saturated heterocycles. The van der Waals surface area contributed by atoms with Gasteiger partial charge in [-0.25, -0.2) is 9.78 Å². The number of H-pyrrole nitrogens is 1. The van der Waals surface area contributed by atoms with Gasteiger partial charge in [-0.15, -0.1) is 0 Å². The fourth-order valence-electron chi connectivity index (χ4n) is 3.71. The SMILES string of the molecule is CC(C)(C)OC(=O)NCc1nc2c(C(=O)Nc3ccc(C(N)=O)c(-c4ccccc4)c3)cccc2[nH]1. The van der Waals surface area contributed by atoms with Crippen LogP contribution >= 0.6 is 0 Å². The van der Waals surface area contributed by atoms with Crippen LogP contribution in [-0.2, 0) is 11.3 Å². The third-order valence-electron chi connectivity index (χ3n) is 5.23. The summed E-state index contributed by atoms with van der Waals surface area (Å²) in [5.74, 6) is -0.446. The first-order valence-electron chi connectivity index (χ1n) is 11.4. The molecule has 3 amide bonds. The number of nitrogens with zero attached hydrogens (tertiary/aromatic N) is 1. The summed E-state index contributed by atoms with van der Waals surface area (Å²) in [6, 6.07) is 19.5. The van der Waals surface area contributed by atoms with E-state index in [9.17, 15) is 14.4 Å². The number of carbonyl (C=O) groups excluding carboxylic acids is 3. The van der Waals surface area contributed by atoms with E-state index in [2.05, 4.69) is 20.6 Å². The van der Waals surface area contributed by atoms with Crippen LogP contribution in [0.5, 0.6) is 0 Å². The molecule has 4 rings (SSSR count). The second kappa shape index (κ2) is 9.91. The Bertz CT molecular complexity index is 1440. The molecule has 184 valence electrons. The van der Waals surface area contributed by atoms with Crippen molar-refractivity contribution in [1.29, 1.82) is 0 Å². The molecular weight excluding hydrogens is 458 g/mol. The summed E-state index contributed by atoms with van der Waals surface area (Å²) in [4.78, 5) is 44.7. The molecule has 3 aromatic carbocycles. The number of nitrogens with one attached hydrogen (secondary N) is 3. The number of fused-ring (bicyclic) bond motifs is 1. The third-order valence-corrected chi connectivity index (χ3v) is 5.23. The lowest BCUT2D eigenvalue weighted by atomic mass is 9.98. The lowest BCUT2D eigenvalue weighted by Gasteiger charge is -2.19. The molecule has 1 heterocycles. The summed E-state index contributed by atoms with van der Waals surface area (Å²) < 4.78 is 5.24. The lowest BCUT2D eigenvalue weighted by Crippen LogP contribution is -2.32. The highest BCUT2D eigenvalue weighted by Gasteiger charge is 2.18. The first-order valence-corrected chi connectivity index (χ1v) is 11.4. The minimum atomic E-state index is -0.612. The summed E-state index contributed by atoms with van der Waals surface area (Å²) in [5, 5.41) is 5.53. The Hall–Kier alpha value is -4.66. The number of alkyl carbamates (subject to hydrolysis) is 1. The van der Waals surface area contributed by atoms with Crippen molar-refractivity contribution in [2.75, 3.05) is 5.32 Å². The van der Waals surface area contributed by atoms with E-state index >= 15 is 0 Å². The number of aromatic amines is 1. The van der Waals surface area contributed by atoms with E-state index in [1.54, 1.807) is 57.2 Å². The molecule has 1 aromatic heterocycles. The summed E-state index contributed by atoms with van der Waals surface area (Å²) >= 11 is 0. The first-order chi connectivity index (χ1) is 17.1. The van der Waals surface area contributed by atoms with Gasteiger partial charge in [0.15, 0.2) is 0 Å². The average molecular weight is 486 g/mol.